The van der Waals surface area contributed by atoms with Gasteiger partial charge in [0, 0.05) is 16.5 Å². The quantitative estimate of drug-likeness (QED) is 0.827. The molecule has 1 heterocycles. The summed E-state index contributed by atoms with van der Waals surface area (Å²) in [6.45, 7) is 10.6. The van der Waals surface area contributed by atoms with Crippen molar-refractivity contribution in [3.8, 4) is 5.75 Å². The van der Waals surface area contributed by atoms with Crippen LogP contribution in [0.15, 0.2) is 12.1 Å². The number of fused-ring (bicyclic) bond motifs is 2. The third-order valence-corrected chi connectivity index (χ3v) is 4.14. The lowest BCUT2D eigenvalue weighted by Crippen LogP contribution is -2.25. The molecule has 1 saturated carbocycles. The lowest BCUT2D eigenvalue weighted by molar-refractivity contribution is 0.0732. The van der Waals surface area contributed by atoms with E-state index >= 15 is 0 Å². The Hall–Kier alpha value is -1.02. The highest BCUT2D eigenvalue weighted by Gasteiger charge is 2.48. The summed E-state index contributed by atoms with van der Waals surface area (Å²) in [6.07, 6.45) is 3.69. The van der Waals surface area contributed by atoms with Crippen molar-refractivity contribution in [1.82, 2.24) is 0 Å². The highest BCUT2D eigenvalue weighted by molar-refractivity contribution is 5.53. The Balaban J connectivity index is 0.000000637. The van der Waals surface area contributed by atoms with Gasteiger partial charge in [-0.3, -0.25) is 0 Å². The van der Waals surface area contributed by atoms with Crippen LogP contribution in [0, 0.1) is 6.92 Å². The fourth-order valence-electron chi connectivity index (χ4n) is 2.93. The van der Waals surface area contributed by atoms with Crippen LogP contribution < -0.4 is 4.74 Å². The normalized spacial score (nSPS) is 19.1. The minimum Gasteiger partial charge on any atom is -0.493 e. The fraction of sp³-hybridized carbons (Fsp3) is 0.647. The van der Waals surface area contributed by atoms with E-state index in [-0.39, 0.29) is 0 Å². The van der Waals surface area contributed by atoms with Crippen LogP contribution >= 0.6 is 0 Å². The zero-order chi connectivity index (χ0) is 14.3. The van der Waals surface area contributed by atoms with E-state index in [0.29, 0.717) is 5.41 Å². The van der Waals surface area contributed by atoms with Gasteiger partial charge in [-0.1, -0.05) is 25.5 Å². The van der Waals surface area contributed by atoms with Gasteiger partial charge in [0.25, 0.3) is 0 Å². The molecule has 1 aromatic rings. The minimum atomic E-state index is -0.830. The van der Waals surface area contributed by atoms with Crippen LogP contribution in [-0.2, 0) is 11.0 Å². The van der Waals surface area contributed by atoms with Crippen molar-refractivity contribution in [2.45, 2.75) is 64.9 Å². The molecule has 0 atom stereocenters. The van der Waals surface area contributed by atoms with Gasteiger partial charge in [-0.05, 0) is 46.1 Å². The van der Waals surface area contributed by atoms with Crippen LogP contribution in [0.2, 0.25) is 0 Å². The van der Waals surface area contributed by atoms with Gasteiger partial charge in [0.2, 0.25) is 0 Å². The van der Waals surface area contributed by atoms with Gasteiger partial charge in [0.05, 0.1) is 12.2 Å². The number of ether oxygens (including phenoxy) is 1. The van der Waals surface area contributed by atoms with E-state index in [9.17, 15) is 5.11 Å². The van der Waals surface area contributed by atoms with Crippen molar-refractivity contribution < 1.29 is 9.84 Å². The van der Waals surface area contributed by atoms with Gasteiger partial charge >= 0.3 is 0 Å². The van der Waals surface area contributed by atoms with Crippen LogP contribution in [0.25, 0.3) is 0 Å². The van der Waals surface area contributed by atoms with E-state index in [1.807, 2.05) is 27.7 Å². The largest absolute Gasteiger partial charge is 0.493 e. The summed E-state index contributed by atoms with van der Waals surface area (Å²) in [5.41, 5.74) is 3.04. The molecule has 2 heteroatoms. The first-order valence-electron chi connectivity index (χ1n) is 7.43. The molecule has 0 saturated heterocycles. The maximum absolute atomic E-state index is 10.3. The monoisotopic (exact) mass is 262 g/mol. The number of benzene rings is 1. The van der Waals surface area contributed by atoms with E-state index in [0.717, 1.165) is 24.3 Å². The van der Waals surface area contributed by atoms with Crippen molar-refractivity contribution in [3.05, 3.63) is 28.8 Å². The molecule has 1 spiro atoms. The molecule has 0 bridgehead atoms. The van der Waals surface area contributed by atoms with Gasteiger partial charge in [-0.2, -0.15) is 0 Å². The zero-order valence-corrected chi connectivity index (χ0v) is 12.8. The van der Waals surface area contributed by atoms with Crippen LogP contribution in [0.5, 0.6) is 5.75 Å². The predicted octanol–water partition coefficient (Wildman–Crippen LogP) is 4.06. The molecule has 1 aliphatic carbocycles. The maximum atomic E-state index is 10.3. The summed E-state index contributed by atoms with van der Waals surface area (Å²) in [4.78, 5) is 0. The van der Waals surface area contributed by atoms with Crippen LogP contribution in [0.3, 0.4) is 0 Å². The molecule has 0 amide bonds. The van der Waals surface area contributed by atoms with Crippen molar-refractivity contribution >= 4 is 0 Å². The second-order valence-corrected chi connectivity index (χ2v) is 6.13. The molecule has 1 aliphatic heterocycles. The molecule has 1 fully saturated rings. The lowest BCUT2D eigenvalue weighted by Gasteiger charge is -2.31. The van der Waals surface area contributed by atoms with Crippen molar-refractivity contribution in [3.63, 3.8) is 0 Å². The average Bonchev–Trinajstić information content (AvgIpc) is 3.12. The number of aryl methyl sites for hydroxylation is 1. The summed E-state index contributed by atoms with van der Waals surface area (Å²) in [7, 11) is 0. The maximum Gasteiger partial charge on any atom is 0.129 e. The Labute approximate surface area is 116 Å². The molecule has 0 unspecified atom stereocenters. The first-order valence-corrected chi connectivity index (χ1v) is 7.43. The topological polar surface area (TPSA) is 29.5 Å². The van der Waals surface area contributed by atoms with Gasteiger partial charge in [-0.15, -0.1) is 0 Å². The lowest BCUT2D eigenvalue weighted by atomic mass is 9.84. The van der Waals surface area contributed by atoms with Gasteiger partial charge in [-0.25, -0.2) is 0 Å². The summed E-state index contributed by atoms with van der Waals surface area (Å²) in [5.74, 6) is 0.951. The van der Waals surface area contributed by atoms with Crippen LogP contribution in [0.1, 0.15) is 63.6 Å². The molecule has 106 valence electrons. The van der Waals surface area contributed by atoms with E-state index in [4.69, 9.17) is 4.74 Å². The van der Waals surface area contributed by atoms with Gasteiger partial charge in [0.1, 0.15) is 5.75 Å². The Morgan fingerprint density at radius 2 is 1.79 bits per heavy atom. The Kier molecular flexibility index (Phi) is 3.65. The van der Waals surface area contributed by atoms with Gasteiger partial charge < -0.3 is 9.84 Å². The summed E-state index contributed by atoms with van der Waals surface area (Å²) < 4.78 is 5.85. The first kappa shape index (κ1) is 14.4. The Morgan fingerprint density at radius 1 is 1.16 bits per heavy atom. The number of rotatable bonds is 1. The molecule has 2 aliphatic rings. The van der Waals surface area contributed by atoms with Crippen molar-refractivity contribution in [2.75, 3.05) is 6.61 Å². The standard InChI is InChI=1S/C15H20O2.C2H6/c1-10-8-11(14(2,3)16)13-12(9-10)15(4-5-15)6-7-17-13;1-2/h8-9,16H,4-7H2,1-3H3;1-2H3. The van der Waals surface area contributed by atoms with E-state index in [2.05, 4.69) is 19.1 Å². The van der Waals surface area contributed by atoms with Crippen LogP contribution in [-0.4, -0.2) is 11.7 Å². The van der Waals surface area contributed by atoms with Crippen molar-refractivity contribution in [2.24, 2.45) is 0 Å². The molecule has 19 heavy (non-hydrogen) atoms. The Bertz CT molecular complexity index is 448. The second kappa shape index (κ2) is 4.82. The SMILES string of the molecule is CC.Cc1cc(C(C)(C)O)c2c(c1)C1(CCO2)CC1. The fourth-order valence-corrected chi connectivity index (χ4v) is 2.93. The minimum absolute atomic E-state index is 0.375. The Morgan fingerprint density at radius 3 is 2.32 bits per heavy atom. The molecule has 0 aromatic heterocycles. The number of aliphatic hydroxyl groups is 1. The highest BCUT2D eigenvalue weighted by Crippen LogP contribution is 2.57. The first-order chi connectivity index (χ1) is 8.92. The number of hydrogen-bond acceptors (Lipinski definition) is 2. The van der Waals surface area contributed by atoms with E-state index in [1.165, 1.54) is 24.0 Å². The predicted molar refractivity (Wildman–Crippen MR) is 78.8 cm³/mol. The molecule has 1 aromatic carbocycles. The third-order valence-electron chi connectivity index (χ3n) is 4.14. The molecule has 1 N–H and O–H groups in total. The van der Waals surface area contributed by atoms with E-state index < -0.39 is 5.60 Å². The summed E-state index contributed by atoms with van der Waals surface area (Å²) in [6, 6.07) is 4.30. The molecule has 2 nitrogen and oxygen atoms in total. The van der Waals surface area contributed by atoms with E-state index in [1.54, 1.807) is 0 Å². The molecular weight excluding hydrogens is 236 g/mol. The van der Waals surface area contributed by atoms with Crippen LogP contribution in [0.4, 0.5) is 0 Å². The van der Waals surface area contributed by atoms with Gasteiger partial charge in [0.15, 0.2) is 0 Å². The average molecular weight is 262 g/mol. The third kappa shape index (κ3) is 2.51. The number of hydrogen-bond donors (Lipinski definition) is 1. The zero-order valence-electron chi connectivity index (χ0n) is 12.8. The summed E-state index contributed by atoms with van der Waals surface area (Å²) >= 11 is 0. The van der Waals surface area contributed by atoms with Crippen molar-refractivity contribution in [1.29, 1.82) is 0 Å². The second-order valence-electron chi connectivity index (χ2n) is 6.13. The summed E-state index contributed by atoms with van der Waals surface area (Å²) in [5, 5.41) is 10.3. The molecule has 0 radical (unpaired) electrons. The highest BCUT2D eigenvalue weighted by atomic mass is 16.5. The molecular formula is C17H26O2. The smallest absolute Gasteiger partial charge is 0.129 e. The molecule has 3 rings (SSSR count).